The van der Waals surface area contributed by atoms with Crippen LogP contribution in [0, 0.1) is 0 Å². The van der Waals surface area contributed by atoms with Crippen molar-refractivity contribution in [1.29, 1.82) is 0 Å². The lowest BCUT2D eigenvalue weighted by atomic mass is 10.0. The van der Waals surface area contributed by atoms with Gasteiger partial charge in [0.25, 0.3) is 0 Å². The van der Waals surface area contributed by atoms with Crippen LogP contribution in [0.3, 0.4) is 0 Å². The van der Waals surface area contributed by atoms with Gasteiger partial charge in [0.15, 0.2) is 6.10 Å². The van der Waals surface area contributed by atoms with E-state index in [9.17, 15) is 14.4 Å². The molecule has 6 nitrogen and oxygen atoms in total. The zero-order valence-corrected chi connectivity index (χ0v) is 39.0. The van der Waals surface area contributed by atoms with E-state index in [1.54, 1.807) is 0 Å². The fraction of sp³-hybridized carbons (Fsp3) is 0.792. The molecule has 0 aliphatic heterocycles. The number of hydrogen-bond acceptors (Lipinski definition) is 6. The molecular weight excluding hydrogens is 733 g/mol. The summed E-state index contributed by atoms with van der Waals surface area (Å²) in [5, 5.41) is 0. The average Bonchev–Trinajstić information content (AvgIpc) is 3.23. The van der Waals surface area contributed by atoms with E-state index in [0.29, 0.717) is 19.3 Å². The highest BCUT2D eigenvalue weighted by atomic mass is 16.6. The second-order valence-electron chi connectivity index (χ2n) is 16.7. The fourth-order valence-corrected chi connectivity index (χ4v) is 7.08. The van der Waals surface area contributed by atoms with E-state index in [4.69, 9.17) is 14.2 Å². The monoisotopic (exact) mass is 827 g/mol. The van der Waals surface area contributed by atoms with Crippen LogP contribution in [0.15, 0.2) is 48.6 Å². The van der Waals surface area contributed by atoms with Gasteiger partial charge in [0.2, 0.25) is 0 Å². The molecule has 0 fully saturated rings. The highest BCUT2D eigenvalue weighted by molar-refractivity contribution is 5.71. The van der Waals surface area contributed by atoms with E-state index >= 15 is 0 Å². The van der Waals surface area contributed by atoms with E-state index < -0.39 is 6.10 Å². The van der Waals surface area contributed by atoms with Crippen LogP contribution in [0.4, 0.5) is 0 Å². The van der Waals surface area contributed by atoms with Crippen molar-refractivity contribution in [3.63, 3.8) is 0 Å². The van der Waals surface area contributed by atoms with Gasteiger partial charge in [-0.15, -0.1) is 0 Å². The topological polar surface area (TPSA) is 78.9 Å². The number of allylic oxidation sites excluding steroid dienone is 8. The van der Waals surface area contributed by atoms with E-state index in [2.05, 4.69) is 69.4 Å². The van der Waals surface area contributed by atoms with Gasteiger partial charge in [0.1, 0.15) is 13.2 Å². The molecule has 0 aromatic rings. The van der Waals surface area contributed by atoms with Crippen molar-refractivity contribution in [3.8, 4) is 0 Å². The minimum atomic E-state index is -0.789. The summed E-state index contributed by atoms with van der Waals surface area (Å²) in [7, 11) is 0. The third kappa shape index (κ3) is 46.3. The van der Waals surface area contributed by atoms with Gasteiger partial charge in [-0.25, -0.2) is 0 Å². The lowest BCUT2D eigenvalue weighted by molar-refractivity contribution is -0.167. The molecule has 6 heteroatoms. The van der Waals surface area contributed by atoms with Crippen molar-refractivity contribution in [2.24, 2.45) is 0 Å². The third-order valence-electron chi connectivity index (χ3n) is 10.8. The zero-order chi connectivity index (χ0) is 43.0. The predicted molar refractivity (Wildman–Crippen MR) is 252 cm³/mol. The molecule has 0 aliphatic carbocycles. The smallest absolute Gasteiger partial charge is 0.306 e. The van der Waals surface area contributed by atoms with Crippen molar-refractivity contribution >= 4 is 17.9 Å². The summed E-state index contributed by atoms with van der Waals surface area (Å²) < 4.78 is 16.7. The summed E-state index contributed by atoms with van der Waals surface area (Å²) in [6.07, 6.45) is 56.7. The van der Waals surface area contributed by atoms with Crippen LogP contribution >= 0.6 is 0 Å². The van der Waals surface area contributed by atoms with E-state index in [-0.39, 0.29) is 37.5 Å². The van der Waals surface area contributed by atoms with Crippen LogP contribution < -0.4 is 0 Å². The van der Waals surface area contributed by atoms with Crippen LogP contribution in [0.2, 0.25) is 0 Å². The fourth-order valence-electron chi connectivity index (χ4n) is 7.08. The van der Waals surface area contributed by atoms with Gasteiger partial charge in [0, 0.05) is 19.3 Å². The van der Waals surface area contributed by atoms with E-state index in [1.165, 1.54) is 128 Å². The second-order valence-corrected chi connectivity index (χ2v) is 16.7. The first-order valence-electron chi connectivity index (χ1n) is 25.1. The maximum absolute atomic E-state index is 12.7. The van der Waals surface area contributed by atoms with Gasteiger partial charge in [0.05, 0.1) is 0 Å². The maximum Gasteiger partial charge on any atom is 0.306 e. The molecule has 0 saturated heterocycles. The van der Waals surface area contributed by atoms with Crippen LogP contribution in [0.1, 0.15) is 252 Å². The van der Waals surface area contributed by atoms with Gasteiger partial charge in [-0.3, -0.25) is 14.4 Å². The summed E-state index contributed by atoms with van der Waals surface area (Å²) in [5.74, 6) is -0.924. The van der Waals surface area contributed by atoms with E-state index in [1.807, 2.05) is 0 Å². The Kier molecular flexibility index (Phi) is 45.9. The van der Waals surface area contributed by atoms with Crippen molar-refractivity contribution in [2.45, 2.75) is 258 Å². The Bertz CT molecular complexity index is 1040. The molecule has 0 N–H and O–H groups in total. The van der Waals surface area contributed by atoms with Gasteiger partial charge >= 0.3 is 17.9 Å². The Morgan fingerprint density at radius 1 is 0.356 bits per heavy atom. The molecule has 342 valence electrons. The molecule has 0 unspecified atom stereocenters. The molecule has 0 radical (unpaired) electrons. The van der Waals surface area contributed by atoms with Gasteiger partial charge < -0.3 is 14.2 Å². The Morgan fingerprint density at radius 2 is 0.661 bits per heavy atom. The number of carbonyl (C=O) groups is 3. The van der Waals surface area contributed by atoms with Crippen molar-refractivity contribution in [1.82, 2.24) is 0 Å². The first-order valence-corrected chi connectivity index (χ1v) is 25.1. The van der Waals surface area contributed by atoms with Gasteiger partial charge in [-0.2, -0.15) is 0 Å². The lowest BCUT2D eigenvalue weighted by Gasteiger charge is -2.18. The second kappa shape index (κ2) is 48.0. The van der Waals surface area contributed by atoms with Crippen molar-refractivity contribution < 1.29 is 28.6 Å². The molecule has 1 atom stereocenters. The van der Waals surface area contributed by atoms with Crippen LogP contribution in [-0.2, 0) is 28.6 Å². The number of rotatable bonds is 45. The van der Waals surface area contributed by atoms with Gasteiger partial charge in [-0.05, 0) is 57.8 Å². The van der Waals surface area contributed by atoms with Crippen molar-refractivity contribution in [2.75, 3.05) is 13.2 Å². The Balaban J connectivity index is 4.36. The standard InChI is InChI=1S/C53H94O6/c1-4-7-10-13-16-19-21-23-25-26-28-29-31-34-37-40-43-46-52(55)58-49-50(48-57-51(54)45-42-39-36-33-18-15-12-9-6-3)59-53(56)47-44-41-38-35-32-30-27-24-22-20-17-14-11-8-5-2/h8,11,17,20,24,27,32,35,50H,4-7,9-10,12-16,18-19,21-23,25-26,28-31,33-34,36-49H2,1-3H3/b11-8-,20-17-,27-24-,35-32-/t50-/m1/s1. The summed E-state index contributed by atoms with van der Waals surface area (Å²) >= 11 is 0. The van der Waals surface area contributed by atoms with Crippen LogP contribution in [0.25, 0.3) is 0 Å². The van der Waals surface area contributed by atoms with Crippen molar-refractivity contribution in [3.05, 3.63) is 48.6 Å². The molecule has 0 amide bonds. The normalized spacial score (nSPS) is 12.4. The SMILES string of the molecule is CC/C=C\C/C=C\C/C=C\C/C=C\CCCCC(=O)O[C@H](COC(=O)CCCCCCCCCCC)COC(=O)CCCCCCCCCCCCCCCCCCC. The zero-order valence-electron chi connectivity index (χ0n) is 39.0. The highest BCUT2D eigenvalue weighted by Gasteiger charge is 2.19. The first kappa shape index (κ1) is 56.4. The average molecular weight is 827 g/mol. The molecule has 0 saturated carbocycles. The summed E-state index contributed by atoms with van der Waals surface area (Å²) in [4.78, 5) is 37.8. The minimum absolute atomic E-state index is 0.0865. The summed E-state index contributed by atoms with van der Waals surface area (Å²) in [6, 6.07) is 0. The number of unbranched alkanes of at least 4 members (excludes halogenated alkanes) is 26. The molecule has 0 spiro atoms. The van der Waals surface area contributed by atoms with Crippen LogP contribution in [-0.4, -0.2) is 37.2 Å². The molecular formula is C53H94O6. The molecule has 0 heterocycles. The summed E-state index contributed by atoms with van der Waals surface area (Å²) in [5.41, 5.74) is 0. The van der Waals surface area contributed by atoms with E-state index in [0.717, 1.165) is 77.0 Å². The Hall–Kier alpha value is -2.63. The largest absolute Gasteiger partial charge is 0.462 e. The predicted octanol–water partition coefficient (Wildman–Crippen LogP) is 16.3. The van der Waals surface area contributed by atoms with Gasteiger partial charge in [-0.1, -0.05) is 223 Å². The number of ether oxygens (including phenoxy) is 3. The number of carbonyl (C=O) groups excluding carboxylic acids is 3. The number of esters is 3. The molecule has 0 bridgehead atoms. The lowest BCUT2D eigenvalue weighted by Crippen LogP contribution is -2.30. The quantitative estimate of drug-likeness (QED) is 0.0263. The molecule has 0 aliphatic rings. The molecule has 0 aromatic heterocycles. The highest BCUT2D eigenvalue weighted by Crippen LogP contribution is 2.15. The number of hydrogen-bond donors (Lipinski definition) is 0. The minimum Gasteiger partial charge on any atom is -0.462 e. The third-order valence-corrected chi connectivity index (χ3v) is 10.8. The Morgan fingerprint density at radius 3 is 1.03 bits per heavy atom. The summed E-state index contributed by atoms with van der Waals surface area (Å²) in [6.45, 7) is 6.48. The Labute approximate surface area is 365 Å². The molecule has 0 aromatic carbocycles. The molecule has 0 rings (SSSR count). The maximum atomic E-state index is 12.7. The van der Waals surface area contributed by atoms with Crippen LogP contribution in [0.5, 0.6) is 0 Å². The molecule has 59 heavy (non-hydrogen) atoms. The first-order chi connectivity index (χ1) is 29.0.